The molecule has 0 saturated carbocycles. The quantitative estimate of drug-likeness (QED) is 0.314. The van der Waals surface area contributed by atoms with Crippen LogP contribution < -0.4 is 11.5 Å². The molecular weight excluding hydrogens is 180 g/mol. The first-order valence-corrected chi connectivity index (χ1v) is 4.66. The van der Waals surface area contributed by atoms with E-state index in [1.54, 1.807) is 13.2 Å². The molecule has 0 saturated heterocycles. The second kappa shape index (κ2) is 7.55. The number of aliphatic hydroxyl groups is 1. The summed E-state index contributed by atoms with van der Waals surface area (Å²) < 4.78 is 4.99. The van der Waals surface area contributed by atoms with Crippen molar-refractivity contribution in [2.45, 2.75) is 19.1 Å². The van der Waals surface area contributed by atoms with Gasteiger partial charge >= 0.3 is 0 Å². The zero-order valence-corrected chi connectivity index (χ0v) is 8.65. The average Bonchev–Trinajstić information content (AvgIpc) is 2.18. The summed E-state index contributed by atoms with van der Waals surface area (Å²) in [5.74, 6) is 0.668. The van der Waals surface area contributed by atoms with E-state index in [2.05, 4.69) is 6.58 Å². The lowest BCUT2D eigenvalue weighted by Crippen LogP contribution is -2.34. The fourth-order valence-corrected chi connectivity index (χ4v) is 1.12. The van der Waals surface area contributed by atoms with Crippen LogP contribution in [0, 0.1) is 5.92 Å². The largest absolute Gasteiger partial charge is 0.497 e. The molecule has 1 unspecified atom stereocenters. The third-order valence-electron chi connectivity index (χ3n) is 2.11. The molecule has 0 heterocycles. The maximum atomic E-state index is 9.12. The second-order valence-corrected chi connectivity index (χ2v) is 3.08. The Bertz CT molecular complexity index is 191. The summed E-state index contributed by atoms with van der Waals surface area (Å²) in [6.45, 7) is 3.98. The molecule has 4 heteroatoms. The molecule has 14 heavy (non-hydrogen) atoms. The third-order valence-corrected chi connectivity index (χ3v) is 2.11. The van der Waals surface area contributed by atoms with Crippen molar-refractivity contribution in [2.75, 3.05) is 13.7 Å². The van der Waals surface area contributed by atoms with Crippen molar-refractivity contribution < 1.29 is 9.84 Å². The predicted molar refractivity (Wildman–Crippen MR) is 57.3 cm³/mol. The van der Waals surface area contributed by atoms with Gasteiger partial charge in [0, 0.05) is 5.92 Å². The van der Waals surface area contributed by atoms with Crippen LogP contribution in [0.25, 0.3) is 0 Å². The molecular formula is C10H20N2O2. The predicted octanol–water partition coefficient (Wildman–Crippen LogP) is 0.335. The smallest absolute Gasteiger partial charge is 0.114 e. The molecule has 5 N–H and O–H groups in total. The van der Waals surface area contributed by atoms with Gasteiger partial charge in [0.05, 0.1) is 7.11 Å². The number of methoxy groups -OCH3 is 1. The molecule has 0 aliphatic carbocycles. The topological polar surface area (TPSA) is 81.5 Å². The van der Waals surface area contributed by atoms with E-state index in [9.17, 15) is 0 Å². The number of ether oxygens (including phenoxy) is 1. The van der Waals surface area contributed by atoms with E-state index in [1.807, 2.05) is 6.08 Å². The van der Waals surface area contributed by atoms with Crippen molar-refractivity contribution in [3.8, 4) is 0 Å². The minimum absolute atomic E-state index is 0.0610. The van der Waals surface area contributed by atoms with Gasteiger partial charge in [-0.25, -0.2) is 0 Å². The van der Waals surface area contributed by atoms with Crippen LogP contribution in [0.1, 0.15) is 12.8 Å². The lowest BCUT2D eigenvalue weighted by molar-refractivity contribution is 0.113. The number of hydrogen-bond donors (Lipinski definition) is 3. The van der Waals surface area contributed by atoms with Crippen LogP contribution in [-0.4, -0.2) is 25.0 Å². The van der Waals surface area contributed by atoms with Gasteiger partial charge in [0.25, 0.3) is 0 Å². The van der Waals surface area contributed by atoms with Gasteiger partial charge in [0.2, 0.25) is 0 Å². The van der Waals surface area contributed by atoms with Crippen molar-refractivity contribution in [1.29, 1.82) is 0 Å². The van der Waals surface area contributed by atoms with Crippen LogP contribution in [0.2, 0.25) is 0 Å². The van der Waals surface area contributed by atoms with Crippen LogP contribution in [0.4, 0.5) is 0 Å². The van der Waals surface area contributed by atoms with Crippen molar-refractivity contribution in [2.24, 2.45) is 17.4 Å². The molecule has 4 nitrogen and oxygen atoms in total. The molecule has 0 aliphatic heterocycles. The zero-order chi connectivity index (χ0) is 11.0. The molecule has 2 atom stereocenters. The SMILES string of the molecule is C=C/C(=C\CC[C@@H](CN)C(N)O)OC. The van der Waals surface area contributed by atoms with E-state index in [0.29, 0.717) is 6.54 Å². The first-order chi connectivity index (χ1) is 6.65. The molecule has 0 radical (unpaired) electrons. The summed E-state index contributed by atoms with van der Waals surface area (Å²) in [6.07, 6.45) is 4.21. The van der Waals surface area contributed by atoms with Gasteiger partial charge in [-0.1, -0.05) is 6.58 Å². The van der Waals surface area contributed by atoms with Gasteiger partial charge in [-0.05, 0) is 31.5 Å². The monoisotopic (exact) mass is 200 g/mol. The second-order valence-electron chi connectivity index (χ2n) is 3.08. The molecule has 0 amide bonds. The first-order valence-electron chi connectivity index (χ1n) is 4.66. The van der Waals surface area contributed by atoms with E-state index < -0.39 is 6.23 Å². The zero-order valence-electron chi connectivity index (χ0n) is 8.65. The molecule has 0 spiro atoms. The van der Waals surface area contributed by atoms with Gasteiger partial charge in [0.15, 0.2) is 0 Å². The highest BCUT2D eigenvalue weighted by Crippen LogP contribution is 2.09. The summed E-state index contributed by atoms with van der Waals surface area (Å²) in [4.78, 5) is 0. The van der Waals surface area contributed by atoms with Crippen molar-refractivity contribution in [3.05, 3.63) is 24.5 Å². The van der Waals surface area contributed by atoms with Gasteiger partial charge in [-0.3, -0.25) is 0 Å². The Kier molecular flexibility index (Phi) is 7.10. The summed E-state index contributed by atoms with van der Waals surface area (Å²) >= 11 is 0. The number of aliphatic hydroxyl groups excluding tert-OH is 1. The van der Waals surface area contributed by atoms with E-state index in [1.165, 1.54) is 0 Å². The molecule has 0 bridgehead atoms. The summed E-state index contributed by atoms with van der Waals surface area (Å²) in [5, 5.41) is 9.12. The average molecular weight is 200 g/mol. The summed E-state index contributed by atoms with van der Waals surface area (Å²) in [5.41, 5.74) is 10.8. The van der Waals surface area contributed by atoms with Crippen LogP contribution in [0.5, 0.6) is 0 Å². The highest BCUT2D eigenvalue weighted by Gasteiger charge is 2.11. The molecule has 0 aliphatic rings. The molecule has 0 aromatic rings. The number of nitrogens with two attached hydrogens (primary N) is 2. The molecule has 0 aromatic heterocycles. The van der Waals surface area contributed by atoms with Crippen molar-refractivity contribution >= 4 is 0 Å². The minimum atomic E-state index is -0.844. The fourth-order valence-electron chi connectivity index (χ4n) is 1.12. The number of allylic oxidation sites excluding steroid dienone is 2. The Morgan fingerprint density at radius 1 is 1.64 bits per heavy atom. The lowest BCUT2D eigenvalue weighted by atomic mass is 10.0. The Balaban J connectivity index is 3.91. The minimum Gasteiger partial charge on any atom is -0.497 e. The Morgan fingerprint density at radius 2 is 2.29 bits per heavy atom. The van der Waals surface area contributed by atoms with E-state index in [4.69, 9.17) is 21.3 Å². The van der Waals surface area contributed by atoms with Crippen LogP contribution >= 0.6 is 0 Å². The Hall–Kier alpha value is -0.840. The molecule has 82 valence electrons. The number of hydrogen-bond acceptors (Lipinski definition) is 4. The molecule has 0 aromatic carbocycles. The van der Waals surface area contributed by atoms with E-state index in [-0.39, 0.29) is 5.92 Å². The van der Waals surface area contributed by atoms with E-state index >= 15 is 0 Å². The molecule has 0 rings (SSSR count). The van der Waals surface area contributed by atoms with Crippen LogP contribution in [0.3, 0.4) is 0 Å². The first kappa shape index (κ1) is 13.2. The fraction of sp³-hybridized carbons (Fsp3) is 0.600. The normalized spacial score (nSPS) is 16.1. The van der Waals surface area contributed by atoms with Crippen LogP contribution in [-0.2, 0) is 4.74 Å². The Labute approximate surface area is 85.2 Å². The van der Waals surface area contributed by atoms with Gasteiger partial charge in [-0.15, -0.1) is 0 Å². The van der Waals surface area contributed by atoms with Gasteiger partial charge in [-0.2, -0.15) is 0 Å². The lowest BCUT2D eigenvalue weighted by Gasteiger charge is -2.16. The van der Waals surface area contributed by atoms with Crippen molar-refractivity contribution in [1.82, 2.24) is 0 Å². The third kappa shape index (κ3) is 5.01. The maximum Gasteiger partial charge on any atom is 0.114 e. The molecule has 0 fully saturated rings. The standard InChI is InChI=1S/C10H20N2O2/c1-3-9(14-2)6-4-5-8(7-11)10(12)13/h3,6,8,10,13H,1,4-5,7,11-12H2,2H3/b9-6+/t8-,10?/m0/s1. The van der Waals surface area contributed by atoms with Crippen molar-refractivity contribution in [3.63, 3.8) is 0 Å². The van der Waals surface area contributed by atoms with E-state index in [0.717, 1.165) is 18.6 Å². The Morgan fingerprint density at radius 3 is 2.64 bits per heavy atom. The van der Waals surface area contributed by atoms with Gasteiger partial charge in [0.1, 0.15) is 12.0 Å². The summed E-state index contributed by atoms with van der Waals surface area (Å²) in [7, 11) is 1.59. The summed E-state index contributed by atoms with van der Waals surface area (Å²) in [6, 6.07) is 0. The van der Waals surface area contributed by atoms with Gasteiger partial charge < -0.3 is 21.3 Å². The van der Waals surface area contributed by atoms with Crippen LogP contribution in [0.15, 0.2) is 24.5 Å². The highest BCUT2D eigenvalue weighted by atomic mass is 16.5. The maximum absolute atomic E-state index is 9.12. The number of rotatable bonds is 7. The highest BCUT2D eigenvalue weighted by molar-refractivity contribution is 5.07.